The smallest absolute Gasteiger partial charge is 0.323 e. The standard InChI is InChI=1S/C33H35N2O3P/c1-23(2)30(33(37)38-4)35-31(32(36)34-25-21-19-24(3)20-22-25)28-17-11-12-18-29(28)39(26-13-7-5-8-14-26)27-15-9-6-10-16-27/h5-23,30-31,35H,1-4H3,(H,34,36)/t30-,31?/m0/s1. The lowest BCUT2D eigenvalue weighted by atomic mass is 9.99. The zero-order chi connectivity index (χ0) is 27.8. The van der Waals surface area contributed by atoms with E-state index in [4.69, 9.17) is 4.74 Å². The number of carbonyl (C=O) groups excluding carboxylic acids is 2. The number of carbonyl (C=O) groups is 2. The van der Waals surface area contributed by atoms with Crippen LogP contribution < -0.4 is 26.5 Å². The summed E-state index contributed by atoms with van der Waals surface area (Å²) in [4.78, 5) is 26.8. The second-order valence-electron chi connectivity index (χ2n) is 9.77. The number of aryl methyl sites for hydroxylation is 1. The molecule has 0 spiro atoms. The molecule has 4 aromatic carbocycles. The summed E-state index contributed by atoms with van der Waals surface area (Å²) in [5.74, 6) is -0.732. The Hall–Kier alpha value is -3.79. The molecule has 0 fully saturated rings. The molecule has 0 saturated heterocycles. The molecule has 0 bridgehead atoms. The molecular weight excluding hydrogens is 503 g/mol. The Bertz CT molecular complexity index is 1340. The molecular formula is C33H35N2O3P. The summed E-state index contributed by atoms with van der Waals surface area (Å²) in [6.45, 7) is 5.89. The fraction of sp³-hybridized carbons (Fsp3) is 0.212. The van der Waals surface area contributed by atoms with Crippen molar-refractivity contribution in [2.45, 2.75) is 32.9 Å². The Morgan fingerprint density at radius 1 is 0.744 bits per heavy atom. The molecule has 2 N–H and O–H groups in total. The predicted molar refractivity (Wildman–Crippen MR) is 161 cm³/mol. The normalized spacial score (nSPS) is 12.7. The summed E-state index contributed by atoms with van der Waals surface area (Å²) >= 11 is 0. The quantitative estimate of drug-likeness (QED) is 0.215. The minimum absolute atomic E-state index is 0.0935. The van der Waals surface area contributed by atoms with E-state index in [1.807, 2.05) is 99.6 Å². The Morgan fingerprint density at radius 3 is 1.82 bits per heavy atom. The van der Waals surface area contributed by atoms with Crippen LogP contribution in [0.25, 0.3) is 0 Å². The van der Waals surface area contributed by atoms with Crippen LogP contribution in [-0.2, 0) is 14.3 Å². The first-order valence-corrected chi connectivity index (χ1v) is 14.4. The number of ether oxygens (including phenoxy) is 1. The van der Waals surface area contributed by atoms with Gasteiger partial charge in [0.2, 0.25) is 5.91 Å². The number of hydrogen-bond donors (Lipinski definition) is 2. The highest BCUT2D eigenvalue weighted by Crippen LogP contribution is 2.36. The van der Waals surface area contributed by atoms with Gasteiger partial charge >= 0.3 is 5.97 Å². The molecule has 200 valence electrons. The average molecular weight is 539 g/mol. The highest BCUT2D eigenvalue weighted by molar-refractivity contribution is 7.79. The monoisotopic (exact) mass is 538 g/mol. The van der Waals surface area contributed by atoms with E-state index in [2.05, 4.69) is 41.0 Å². The molecule has 0 aliphatic heterocycles. The summed E-state index contributed by atoms with van der Waals surface area (Å²) in [5, 5.41) is 9.85. The molecule has 6 heteroatoms. The minimum Gasteiger partial charge on any atom is -0.468 e. The number of nitrogens with one attached hydrogen (secondary N) is 2. The molecule has 4 aromatic rings. The molecule has 0 aliphatic rings. The topological polar surface area (TPSA) is 67.4 Å². The highest BCUT2D eigenvalue weighted by atomic mass is 31.1. The van der Waals surface area contributed by atoms with Gasteiger partial charge in [0.1, 0.15) is 12.1 Å². The number of rotatable bonds is 10. The molecule has 39 heavy (non-hydrogen) atoms. The molecule has 1 amide bonds. The molecule has 0 radical (unpaired) electrons. The summed E-state index contributed by atoms with van der Waals surface area (Å²) in [5.41, 5.74) is 2.63. The fourth-order valence-corrected chi connectivity index (χ4v) is 7.01. The summed E-state index contributed by atoms with van der Waals surface area (Å²) in [6.07, 6.45) is 0. The van der Waals surface area contributed by atoms with Crippen molar-refractivity contribution in [2.75, 3.05) is 12.4 Å². The second-order valence-corrected chi connectivity index (χ2v) is 12.0. The minimum atomic E-state index is -0.983. The number of anilines is 1. The lowest BCUT2D eigenvalue weighted by Gasteiger charge is -2.30. The second kappa shape index (κ2) is 13.3. The van der Waals surface area contributed by atoms with Crippen LogP contribution in [0.4, 0.5) is 5.69 Å². The van der Waals surface area contributed by atoms with Crippen molar-refractivity contribution in [1.29, 1.82) is 0 Å². The third-order valence-electron chi connectivity index (χ3n) is 6.57. The van der Waals surface area contributed by atoms with Crippen molar-refractivity contribution in [3.05, 3.63) is 120 Å². The molecule has 0 aliphatic carbocycles. The number of benzene rings is 4. The van der Waals surface area contributed by atoms with Crippen LogP contribution in [0, 0.1) is 12.8 Å². The van der Waals surface area contributed by atoms with E-state index in [0.717, 1.165) is 16.4 Å². The van der Waals surface area contributed by atoms with E-state index >= 15 is 0 Å². The van der Waals surface area contributed by atoms with Gasteiger partial charge in [0.25, 0.3) is 0 Å². The van der Waals surface area contributed by atoms with E-state index in [1.54, 1.807) is 0 Å². The van der Waals surface area contributed by atoms with Crippen molar-refractivity contribution in [3.63, 3.8) is 0 Å². The van der Waals surface area contributed by atoms with Crippen molar-refractivity contribution in [1.82, 2.24) is 5.32 Å². The third-order valence-corrected chi connectivity index (χ3v) is 9.08. The SMILES string of the molecule is COC(=O)[C@@H](NC(C(=O)Nc1ccc(C)cc1)c1ccccc1P(c1ccccc1)c1ccccc1)C(C)C. The Balaban J connectivity index is 1.84. The van der Waals surface area contributed by atoms with Gasteiger partial charge in [-0.2, -0.15) is 0 Å². The molecule has 5 nitrogen and oxygen atoms in total. The van der Waals surface area contributed by atoms with Gasteiger partial charge < -0.3 is 10.1 Å². The van der Waals surface area contributed by atoms with Crippen LogP contribution >= 0.6 is 7.92 Å². The van der Waals surface area contributed by atoms with E-state index in [-0.39, 0.29) is 11.8 Å². The molecule has 0 aromatic heterocycles. The van der Waals surface area contributed by atoms with Crippen molar-refractivity contribution in [3.8, 4) is 0 Å². The first kappa shape index (κ1) is 28.2. The lowest BCUT2D eigenvalue weighted by molar-refractivity contribution is -0.144. The lowest BCUT2D eigenvalue weighted by Crippen LogP contribution is -2.48. The maximum absolute atomic E-state index is 14.0. The fourth-order valence-electron chi connectivity index (χ4n) is 4.51. The van der Waals surface area contributed by atoms with Crippen LogP contribution in [0.3, 0.4) is 0 Å². The van der Waals surface area contributed by atoms with Crippen molar-refractivity contribution >= 4 is 41.4 Å². The molecule has 0 heterocycles. The zero-order valence-corrected chi connectivity index (χ0v) is 23.7. The third kappa shape index (κ3) is 7.00. The number of amides is 1. The highest BCUT2D eigenvalue weighted by Gasteiger charge is 2.33. The van der Waals surface area contributed by atoms with Gasteiger partial charge in [-0.15, -0.1) is 0 Å². The van der Waals surface area contributed by atoms with E-state index in [9.17, 15) is 9.59 Å². The summed E-state index contributed by atoms with van der Waals surface area (Å²) < 4.78 is 5.11. The first-order valence-electron chi connectivity index (χ1n) is 13.1. The molecule has 1 unspecified atom stereocenters. The van der Waals surface area contributed by atoms with Gasteiger partial charge in [-0.25, -0.2) is 0 Å². The Morgan fingerprint density at radius 2 is 1.28 bits per heavy atom. The molecule has 2 atom stereocenters. The van der Waals surface area contributed by atoms with E-state index < -0.39 is 26.0 Å². The van der Waals surface area contributed by atoms with E-state index in [1.165, 1.54) is 17.7 Å². The number of methoxy groups -OCH3 is 1. The van der Waals surface area contributed by atoms with Crippen LogP contribution in [0.15, 0.2) is 109 Å². The Kier molecular flexibility index (Phi) is 9.64. The first-order chi connectivity index (χ1) is 18.9. The van der Waals surface area contributed by atoms with E-state index in [0.29, 0.717) is 5.69 Å². The molecule has 0 saturated carbocycles. The number of hydrogen-bond acceptors (Lipinski definition) is 4. The molecule has 4 rings (SSSR count). The zero-order valence-electron chi connectivity index (χ0n) is 22.8. The van der Waals surface area contributed by atoms with Gasteiger partial charge in [0, 0.05) is 5.69 Å². The Labute approximate surface area is 232 Å². The predicted octanol–water partition coefficient (Wildman–Crippen LogP) is 5.22. The maximum Gasteiger partial charge on any atom is 0.323 e. The van der Waals surface area contributed by atoms with Crippen LogP contribution in [0.1, 0.15) is 31.0 Å². The van der Waals surface area contributed by atoms with Crippen molar-refractivity contribution in [2.24, 2.45) is 5.92 Å². The van der Waals surface area contributed by atoms with Gasteiger partial charge in [0.05, 0.1) is 7.11 Å². The van der Waals surface area contributed by atoms with Gasteiger partial charge in [-0.3, -0.25) is 14.9 Å². The number of esters is 1. The van der Waals surface area contributed by atoms with Crippen molar-refractivity contribution < 1.29 is 14.3 Å². The van der Waals surface area contributed by atoms with Gasteiger partial charge in [-0.1, -0.05) is 116 Å². The largest absolute Gasteiger partial charge is 0.468 e. The summed E-state index contributed by atoms with van der Waals surface area (Å²) in [6, 6.07) is 35.0. The van der Waals surface area contributed by atoms with Crippen LogP contribution in [-0.4, -0.2) is 25.0 Å². The van der Waals surface area contributed by atoms with Crippen LogP contribution in [0.5, 0.6) is 0 Å². The average Bonchev–Trinajstić information content (AvgIpc) is 2.96. The van der Waals surface area contributed by atoms with Crippen LogP contribution in [0.2, 0.25) is 0 Å². The maximum atomic E-state index is 14.0. The van der Waals surface area contributed by atoms with Gasteiger partial charge in [-0.05, 0) is 54.4 Å². The summed E-state index contributed by atoms with van der Waals surface area (Å²) in [7, 11) is 0.391. The van der Waals surface area contributed by atoms with Gasteiger partial charge in [0.15, 0.2) is 0 Å².